The van der Waals surface area contributed by atoms with E-state index in [0.29, 0.717) is 36.5 Å². The van der Waals surface area contributed by atoms with Gasteiger partial charge in [0.1, 0.15) is 42.5 Å². The normalized spacial score (nSPS) is 15.2. The number of hydrogen-bond acceptors (Lipinski definition) is 14. The first-order valence-electron chi connectivity index (χ1n) is 22.4. The van der Waals surface area contributed by atoms with E-state index >= 15 is 0 Å². The third-order valence-electron chi connectivity index (χ3n) is 11.3. The largest absolute Gasteiger partial charge is 0.508 e. The third kappa shape index (κ3) is 13.1. The highest BCUT2D eigenvalue weighted by Crippen LogP contribution is 2.41. The monoisotopic (exact) mass is 964 g/mol. The molecule has 0 spiro atoms. The molecule has 1 saturated heterocycles. The second kappa shape index (κ2) is 23.7. The molecular formula is C51H56N4O11S2. The molecule has 5 N–H and O–H groups in total. The number of phenols is 2. The van der Waals surface area contributed by atoms with Crippen molar-refractivity contribution in [3.8, 4) is 38.1 Å². The Balaban J connectivity index is 0.777. The van der Waals surface area contributed by atoms with Crippen LogP contribution in [0.1, 0.15) is 53.9 Å². The van der Waals surface area contributed by atoms with Gasteiger partial charge in [0.15, 0.2) is 5.78 Å². The molecule has 3 atom stereocenters. The Morgan fingerprint density at radius 1 is 0.809 bits per heavy atom. The number of aliphatic hydroxyl groups is 1. The number of fused-ring (bicyclic) bond motifs is 1. The molecule has 358 valence electrons. The van der Waals surface area contributed by atoms with Crippen molar-refractivity contribution in [2.24, 2.45) is 5.92 Å². The van der Waals surface area contributed by atoms with E-state index in [1.54, 1.807) is 78.1 Å². The highest BCUT2D eigenvalue weighted by molar-refractivity contribution is 7.22. The minimum atomic E-state index is -0.905. The lowest BCUT2D eigenvalue weighted by molar-refractivity contribution is -0.142. The summed E-state index contributed by atoms with van der Waals surface area (Å²) in [6, 6.07) is 24.5. The highest BCUT2D eigenvalue weighted by Gasteiger charge is 2.41. The van der Waals surface area contributed by atoms with Gasteiger partial charge in [-0.1, -0.05) is 38.1 Å². The zero-order chi connectivity index (χ0) is 48.2. The summed E-state index contributed by atoms with van der Waals surface area (Å²) in [6.45, 7) is 7.29. The van der Waals surface area contributed by atoms with Gasteiger partial charge in [-0.25, -0.2) is 4.98 Å². The van der Waals surface area contributed by atoms with E-state index in [1.807, 2.05) is 50.5 Å². The number of aromatic nitrogens is 1. The van der Waals surface area contributed by atoms with Crippen LogP contribution in [0.3, 0.4) is 0 Å². The van der Waals surface area contributed by atoms with E-state index in [0.717, 1.165) is 42.2 Å². The maximum atomic E-state index is 13.9. The molecule has 0 radical (unpaired) electrons. The number of hydrogen-bond donors (Lipinski definition) is 5. The maximum Gasteiger partial charge on any atom is 0.246 e. The Labute approximate surface area is 402 Å². The van der Waals surface area contributed by atoms with Gasteiger partial charge in [-0.05, 0) is 103 Å². The number of ketones is 1. The van der Waals surface area contributed by atoms with Crippen LogP contribution in [-0.4, -0.2) is 120 Å². The third-order valence-corrected chi connectivity index (χ3v) is 13.4. The Kier molecular flexibility index (Phi) is 17.3. The van der Waals surface area contributed by atoms with Crippen LogP contribution in [0.15, 0.2) is 96.5 Å². The summed E-state index contributed by atoms with van der Waals surface area (Å²) in [4.78, 5) is 61.5. The summed E-state index contributed by atoms with van der Waals surface area (Å²) in [5.41, 5.74) is 6.48. The summed E-state index contributed by atoms with van der Waals surface area (Å²) < 4.78 is 23.3. The average molecular weight is 965 g/mol. The number of likely N-dealkylation sites (tertiary alicyclic amines) is 1. The van der Waals surface area contributed by atoms with Crippen LogP contribution in [0.25, 0.3) is 31.0 Å². The molecule has 1 fully saturated rings. The van der Waals surface area contributed by atoms with Crippen molar-refractivity contribution < 1.29 is 53.4 Å². The molecule has 15 nitrogen and oxygen atoms in total. The van der Waals surface area contributed by atoms with Gasteiger partial charge in [0.05, 0.1) is 55.2 Å². The van der Waals surface area contributed by atoms with E-state index in [9.17, 15) is 34.5 Å². The van der Waals surface area contributed by atoms with Gasteiger partial charge >= 0.3 is 0 Å². The molecule has 3 heterocycles. The number of rotatable bonds is 23. The molecule has 0 bridgehead atoms. The van der Waals surface area contributed by atoms with Crippen LogP contribution in [-0.2, 0) is 35.1 Å². The summed E-state index contributed by atoms with van der Waals surface area (Å²) in [5.74, 6) is -0.603. The lowest BCUT2D eigenvalue weighted by atomic mass is 9.97. The van der Waals surface area contributed by atoms with Gasteiger partial charge in [0, 0.05) is 45.6 Å². The van der Waals surface area contributed by atoms with Gasteiger partial charge in [-0.3, -0.25) is 19.2 Å². The Bertz CT molecular complexity index is 2650. The number of thiophene rings is 1. The van der Waals surface area contributed by atoms with Gasteiger partial charge in [0.25, 0.3) is 0 Å². The lowest BCUT2D eigenvalue weighted by Crippen LogP contribution is -2.54. The predicted molar refractivity (Wildman–Crippen MR) is 260 cm³/mol. The molecule has 68 heavy (non-hydrogen) atoms. The number of thiazole rings is 1. The van der Waals surface area contributed by atoms with Crippen LogP contribution >= 0.6 is 22.7 Å². The van der Waals surface area contributed by atoms with Crippen LogP contribution in [0.4, 0.5) is 0 Å². The smallest absolute Gasteiger partial charge is 0.246 e. The fraction of sp³-hybridized carbons (Fsp3) is 0.353. The standard InChI is InChI=1S/C51H56N4O11S2/c1-31(2)24-42(51(62)55-28-39(58)25-43(55)50(61)52-27-33-4-6-35(7-5-33)48-32(3)53-30-67-48)54-45(59)29-65-21-20-63-18-19-64-22-23-66-40-15-10-34(11-16-40)47(60)46-41-17-14-38(57)26-44(41)68-49(46)36-8-12-37(56)13-9-36/h4-17,26,30-31,39,42-43,56-58H,18-25,27-29H2,1-3H3,(H,52,61)(H,54,59)/t39-,42+,43+/m1/s1. The molecule has 7 rings (SSSR count). The van der Waals surface area contributed by atoms with Crippen molar-refractivity contribution in [2.75, 3.05) is 52.8 Å². The van der Waals surface area contributed by atoms with Gasteiger partial charge in [-0.15, -0.1) is 22.7 Å². The molecule has 4 aromatic carbocycles. The number of nitrogens with one attached hydrogen (secondary N) is 2. The van der Waals surface area contributed by atoms with Crippen LogP contribution < -0.4 is 15.4 Å². The molecule has 17 heteroatoms. The highest BCUT2D eigenvalue weighted by atomic mass is 32.1. The number of β-amino-alcohol motifs (C(OH)–C–C–N with tert-alkyl or cyclic N) is 1. The number of phenolic OH excluding ortho intramolecular Hbond substituents is 2. The number of aromatic hydroxyl groups is 2. The van der Waals surface area contributed by atoms with Crippen LogP contribution in [0, 0.1) is 12.8 Å². The number of ether oxygens (including phenoxy) is 4. The minimum absolute atomic E-state index is 0.0128. The summed E-state index contributed by atoms with van der Waals surface area (Å²) in [6.07, 6.45) is -0.435. The van der Waals surface area contributed by atoms with Crippen molar-refractivity contribution in [1.29, 1.82) is 0 Å². The van der Waals surface area contributed by atoms with Crippen molar-refractivity contribution in [3.05, 3.63) is 119 Å². The Hall–Kier alpha value is -6.21. The van der Waals surface area contributed by atoms with Gasteiger partial charge < -0.3 is 49.8 Å². The molecule has 0 saturated carbocycles. The average Bonchev–Trinajstić information content (AvgIpc) is 4.05. The van der Waals surface area contributed by atoms with Crippen LogP contribution in [0.2, 0.25) is 0 Å². The number of nitrogens with zero attached hydrogens (tertiary/aromatic N) is 2. The first kappa shape index (κ1) is 49.7. The van der Waals surface area contributed by atoms with E-state index < -0.39 is 30.0 Å². The summed E-state index contributed by atoms with van der Waals surface area (Å²) in [5, 5.41) is 36.8. The zero-order valence-corrected chi connectivity index (χ0v) is 39.8. The van der Waals surface area contributed by atoms with Crippen molar-refractivity contribution in [1.82, 2.24) is 20.5 Å². The lowest BCUT2D eigenvalue weighted by Gasteiger charge is -2.29. The van der Waals surface area contributed by atoms with Gasteiger partial charge in [-0.2, -0.15) is 0 Å². The quantitative estimate of drug-likeness (QED) is 0.0329. The SMILES string of the molecule is Cc1ncsc1-c1ccc(CNC(=O)[C@@H]2C[C@@H](O)CN2C(=O)[C@H](CC(C)C)NC(=O)COCCOCCOCCOc2ccc(C(=O)c3c(-c4ccc(O)cc4)sc4cc(O)ccc34)cc2)cc1. The molecular weight excluding hydrogens is 909 g/mol. The second-order valence-electron chi connectivity index (χ2n) is 16.8. The van der Waals surface area contributed by atoms with Crippen LogP contribution in [0.5, 0.6) is 17.2 Å². The van der Waals surface area contributed by atoms with Crippen molar-refractivity contribution in [2.45, 2.75) is 58.3 Å². The topological polar surface area (TPSA) is 206 Å². The second-order valence-corrected chi connectivity index (χ2v) is 18.7. The number of carbonyl (C=O) groups excluding carboxylic acids is 4. The minimum Gasteiger partial charge on any atom is -0.508 e. The Morgan fingerprint density at radius 2 is 1.46 bits per heavy atom. The number of carbonyl (C=O) groups is 4. The molecule has 2 aromatic heterocycles. The van der Waals surface area contributed by atoms with E-state index in [2.05, 4.69) is 15.6 Å². The Morgan fingerprint density at radius 3 is 2.13 bits per heavy atom. The molecule has 3 amide bonds. The number of benzene rings is 4. The molecule has 6 aromatic rings. The van der Waals surface area contributed by atoms with E-state index in [4.69, 9.17) is 18.9 Å². The van der Waals surface area contributed by atoms with Crippen molar-refractivity contribution in [3.63, 3.8) is 0 Å². The maximum absolute atomic E-state index is 13.9. The van der Waals surface area contributed by atoms with Crippen molar-refractivity contribution >= 4 is 56.3 Å². The van der Waals surface area contributed by atoms with Gasteiger partial charge in [0.2, 0.25) is 17.7 Å². The number of amides is 3. The molecule has 1 aliphatic heterocycles. The fourth-order valence-corrected chi connectivity index (χ4v) is 9.94. The van der Waals surface area contributed by atoms with E-state index in [1.165, 1.54) is 16.2 Å². The first-order valence-corrected chi connectivity index (χ1v) is 24.1. The zero-order valence-electron chi connectivity index (χ0n) is 38.1. The number of aryl methyl sites for hydroxylation is 1. The molecule has 1 aliphatic rings. The molecule has 0 unspecified atom stereocenters. The van der Waals surface area contributed by atoms with E-state index in [-0.39, 0.29) is 81.7 Å². The summed E-state index contributed by atoms with van der Waals surface area (Å²) >= 11 is 2.97. The predicted octanol–water partition coefficient (Wildman–Crippen LogP) is 6.88. The first-order chi connectivity index (χ1) is 32.8. The number of aliphatic hydroxyl groups excluding tert-OH is 1. The molecule has 0 aliphatic carbocycles. The fourth-order valence-electron chi connectivity index (χ4n) is 7.89. The summed E-state index contributed by atoms with van der Waals surface area (Å²) in [7, 11) is 0.